The van der Waals surface area contributed by atoms with Gasteiger partial charge in [0.15, 0.2) is 22.5 Å². The maximum atomic E-state index is 13.0. The van der Waals surface area contributed by atoms with E-state index < -0.39 is 0 Å². The lowest BCUT2D eigenvalue weighted by Crippen LogP contribution is -2.30. The molecular weight excluding hydrogens is 468 g/mol. The number of carbonyl (C=O) groups is 1. The molecule has 0 saturated heterocycles. The second kappa shape index (κ2) is 12.2. The average Bonchev–Trinajstić information content (AvgIpc) is 2.93. The lowest BCUT2D eigenvalue weighted by molar-refractivity contribution is 0.0952. The van der Waals surface area contributed by atoms with Gasteiger partial charge in [-0.2, -0.15) is 0 Å². The molecule has 0 aliphatic heterocycles. The summed E-state index contributed by atoms with van der Waals surface area (Å²) in [7, 11) is 3.64. The van der Waals surface area contributed by atoms with Gasteiger partial charge in [-0.1, -0.05) is 48.5 Å². The zero-order valence-corrected chi connectivity index (χ0v) is 21.5. The molecular formula is C30H32N2O5. The Labute approximate surface area is 216 Å². The summed E-state index contributed by atoms with van der Waals surface area (Å²) in [6.45, 7) is 4.30. The number of nitrogens with one attached hydrogen (secondary N) is 1. The van der Waals surface area contributed by atoms with Crippen molar-refractivity contribution in [1.82, 2.24) is 10.2 Å². The standard InChI is InChI=1S/C30H32N2O5/c1-21-27(33)23-13-9-14-24(29(23)37-28(21)22-11-5-4-6-12-22)30(34)31-17-10-18-32(2)19-20-36-26-16-8-7-15-25(26)35-3/h4-9,11-16H,10,17-20H2,1-3H3,(H,31,34). The van der Waals surface area contributed by atoms with Gasteiger partial charge < -0.3 is 24.1 Å². The number of methoxy groups -OCH3 is 1. The van der Waals surface area contributed by atoms with Gasteiger partial charge in [0.2, 0.25) is 0 Å². The van der Waals surface area contributed by atoms with E-state index in [9.17, 15) is 9.59 Å². The Morgan fingerprint density at radius 1 is 0.946 bits per heavy atom. The highest BCUT2D eigenvalue weighted by Crippen LogP contribution is 2.27. The van der Waals surface area contributed by atoms with Crippen molar-refractivity contribution in [3.63, 3.8) is 0 Å². The van der Waals surface area contributed by atoms with Crippen LogP contribution >= 0.6 is 0 Å². The minimum absolute atomic E-state index is 0.133. The third kappa shape index (κ3) is 6.19. The normalized spacial score (nSPS) is 11.0. The predicted octanol–water partition coefficient (Wildman–Crippen LogP) is 4.91. The zero-order valence-electron chi connectivity index (χ0n) is 21.5. The summed E-state index contributed by atoms with van der Waals surface area (Å²) < 4.78 is 17.3. The number of fused-ring (bicyclic) bond motifs is 1. The summed E-state index contributed by atoms with van der Waals surface area (Å²) in [5, 5.41) is 3.36. The fourth-order valence-electron chi connectivity index (χ4n) is 4.16. The molecule has 1 aromatic heterocycles. The molecule has 37 heavy (non-hydrogen) atoms. The highest BCUT2D eigenvalue weighted by atomic mass is 16.5. The molecule has 0 bridgehead atoms. The Hall–Kier alpha value is -4.10. The number of amides is 1. The highest BCUT2D eigenvalue weighted by Gasteiger charge is 2.18. The van der Waals surface area contributed by atoms with E-state index in [-0.39, 0.29) is 11.3 Å². The number of nitrogens with zero attached hydrogens (tertiary/aromatic N) is 1. The summed E-state index contributed by atoms with van der Waals surface area (Å²) in [5.41, 5.74) is 1.85. The zero-order chi connectivity index (χ0) is 26.2. The summed E-state index contributed by atoms with van der Waals surface area (Å²) in [4.78, 5) is 28.2. The Balaban J connectivity index is 1.34. The number of likely N-dealkylation sites (N-methyl/N-ethyl adjacent to an activating group) is 1. The topological polar surface area (TPSA) is 81.0 Å². The molecule has 192 valence electrons. The molecule has 4 rings (SSSR count). The van der Waals surface area contributed by atoms with Gasteiger partial charge in [-0.3, -0.25) is 9.59 Å². The molecule has 1 N–H and O–H groups in total. The van der Waals surface area contributed by atoms with Crippen LogP contribution in [0.3, 0.4) is 0 Å². The summed E-state index contributed by atoms with van der Waals surface area (Å²) in [5.74, 6) is 1.65. The maximum Gasteiger partial charge on any atom is 0.255 e. The molecule has 0 aliphatic carbocycles. The SMILES string of the molecule is COc1ccccc1OCCN(C)CCCNC(=O)c1cccc2c(=O)c(C)c(-c3ccccc3)oc12. The third-order valence-electron chi connectivity index (χ3n) is 6.23. The van der Waals surface area contributed by atoms with Gasteiger partial charge in [0, 0.05) is 24.2 Å². The summed E-state index contributed by atoms with van der Waals surface area (Å²) >= 11 is 0. The van der Waals surface area contributed by atoms with E-state index in [0.717, 1.165) is 30.8 Å². The molecule has 0 saturated carbocycles. The van der Waals surface area contributed by atoms with Crippen molar-refractivity contribution in [1.29, 1.82) is 0 Å². The molecule has 0 aliphatic rings. The average molecular weight is 501 g/mol. The van der Waals surface area contributed by atoms with Crippen LogP contribution in [0.15, 0.2) is 82.0 Å². The van der Waals surface area contributed by atoms with Crippen LogP contribution in [0.1, 0.15) is 22.3 Å². The number of hydrogen-bond donors (Lipinski definition) is 1. The molecule has 3 aromatic carbocycles. The van der Waals surface area contributed by atoms with Gasteiger partial charge in [0.05, 0.1) is 18.1 Å². The molecule has 1 amide bonds. The van der Waals surface area contributed by atoms with E-state index in [0.29, 0.717) is 46.8 Å². The van der Waals surface area contributed by atoms with E-state index in [4.69, 9.17) is 13.9 Å². The van der Waals surface area contributed by atoms with Crippen LogP contribution in [0.25, 0.3) is 22.3 Å². The molecule has 0 atom stereocenters. The molecule has 1 heterocycles. The highest BCUT2D eigenvalue weighted by molar-refractivity contribution is 6.05. The Kier molecular flexibility index (Phi) is 8.59. The second-order valence-corrected chi connectivity index (χ2v) is 8.85. The van der Waals surface area contributed by atoms with Crippen molar-refractivity contribution >= 4 is 16.9 Å². The Morgan fingerprint density at radius 3 is 2.43 bits per heavy atom. The number of benzene rings is 3. The number of hydrogen-bond acceptors (Lipinski definition) is 6. The van der Waals surface area contributed by atoms with Crippen molar-refractivity contribution < 1.29 is 18.7 Å². The third-order valence-corrected chi connectivity index (χ3v) is 6.23. The van der Waals surface area contributed by atoms with Gasteiger partial charge in [-0.05, 0) is 51.2 Å². The van der Waals surface area contributed by atoms with Gasteiger partial charge in [0.25, 0.3) is 5.91 Å². The van der Waals surface area contributed by atoms with E-state index in [1.54, 1.807) is 32.2 Å². The maximum absolute atomic E-state index is 13.0. The first-order valence-electron chi connectivity index (χ1n) is 12.3. The predicted molar refractivity (Wildman–Crippen MR) is 146 cm³/mol. The van der Waals surface area contributed by atoms with Gasteiger partial charge in [-0.15, -0.1) is 0 Å². The van der Waals surface area contributed by atoms with Crippen LogP contribution in [-0.2, 0) is 0 Å². The van der Waals surface area contributed by atoms with Crippen molar-refractivity contribution in [3.8, 4) is 22.8 Å². The fourth-order valence-corrected chi connectivity index (χ4v) is 4.16. The summed E-state index contributed by atoms with van der Waals surface area (Å²) in [6.07, 6.45) is 0.764. The van der Waals surface area contributed by atoms with Crippen LogP contribution in [0.2, 0.25) is 0 Å². The number of carbonyl (C=O) groups excluding carboxylic acids is 1. The monoisotopic (exact) mass is 500 g/mol. The number of ether oxygens (including phenoxy) is 2. The van der Waals surface area contributed by atoms with Crippen molar-refractivity contribution in [3.05, 3.63) is 94.1 Å². The van der Waals surface area contributed by atoms with Gasteiger partial charge in [0.1, 0.15) is 12.4 Å². The fraction of sp³-hybridized carbons (Fsp3) is 0.267. The van der Waals surface area contributed by atoms with E-state index >= 15 is 0 Å². The van der Waals surface area contributed by atoms with Crippen LogP contribution in [0.4, 0.5) is 0 Å². The van der Waals surface area contributed by atoms with Crippen LogP contribution in [-0.4, -0.2) is 51.2 Å². The molecule has 0 spiro atoms. The van der Waals surface area contributed by atoms with Crippen LogP contribution in [0.5, 0.6) is 11.5 Å². The van der Waals surface area contributed by atoms with Crippen LogP contribution < -0.4 is 20.2 Å². The first-order valence-corrected chi connectivity index (χ1v) is 12.3. The molecule has 7 nitrogen and oxygen atoms in total. The van der Waals surface area contributed by atoms with Crippen molar-refractivity contribution in [2.75, 3.05) is 40.4 Å². The molecule has 0 fully saturated rings. The van der Waals surface area contributed by atoms with Crippen molar-refractivity contribution in [2.24, 2.45) is 0 Å². The minimum atomic E-state index is -0.265. The Bertz CT molecular complexity index is 1410. The first-order chi connectivity index (χ1) is 18.0. The first kappa shape index (κ1) is 26.0. The second-order valence-electron chi connectivity index (χ2n) is 8.85. The lowest BCUT2D eigenvalue weighted by atomic mass is 10.0. The molecule has 7 heteroatoms. The molecule has 0 radical (unpaired) electrons. The Morgan fingerprint density at radius 2 is 1.68 bits per heavy atom. The number of rotatable bonds is 11. The minimum Gasteiger partial charge on any atom is -0.493 e. The quantitative estimate of drug-likeness (QED) is 0.295. The molecule has 4 aromatic rings. The largest absolute Gasteiger partial charge is 0.493 e. The summed E-state index contributed by atoms with van der Waals surface area (Å²) in [6, 6.07) is 22.1. The van der Waals surface area contributed by atoms with Crippen molar-refractivity contribution in [2.45, 2.75) is 13.3 Å². The van der Waals surface area contributed by atoms with Crippen LogP contribution in [0, 0.1) is 6.92 Å². The van der Waals surface area contributed by atoms with E-state index in [2.05, 4.69) is 10.2 Å². The van der Waals surface area contributed by atoms with E-state index in [1.807, 2.05) is 61.6 Å². The van der Waals surface area contributed by atoms with Gasteiger partial charge in [-0.25, -0.2) is 0 Å². The number of para-hydroxylation sites is 3. The molecule has 0 unspecified atom stereocenters. The lowest BCUT2D eigenvalue weighted by Gasteiger charge is -2.18. The van der Waals surface area contributed by atoms with E-state index in [1.165, 1.54) is 0 Å². The van der Waals surface area contributed by atoms with Gasteiger partial charge >= 0.3 is 0 Å². The smallest absolute Gasteiger partial charge is 0.255 e.